The van der Waals surface area contributed by atoms with Crippen LogP contribution < -0.4 is 4.90 Å². The van der Waals surface area contributed by atoms with E-state index in [-0.39, 0.29) is 6.09 Å². The van der Waals surface area contributed by atoms with E-state index in [1.54, 1.807) is 11.2 Å². The van der Waals surface area contributed by atoms with Crippen LogP contribution in [0.25, 0.3) is 11.0 Å². The predicted molar refractivity (Wildman–Crippen MR) is 62.6 cm³/mol. The highest BCUT2D eigenvalue weighted by Gasteiger charge is 2.24. The Hall–Kier alpha value is -1.49. The van der Waals surface area contributed by atoms with Crippen LogP contribution in [0.2, 0.25) is 0 Å². The van der Waals surface area contributed by atoms with Crippen molar-refractivity contribution in [1.82, 2.24) is 0 Å². The Morgan fingerprint density at radius 2 is 2.25 bits per heavy atom. The van der Waals surface area contributed by atoms with E-state index in [9.17, 15) is 4.79 Å². The molecular weight excluding hydrogens is 274 g/mol. The number of amides is 1. The van der Waals surface area contributed by atoms with Gasteiger partial charge in [-0.25, -0.2) is 4.79 Å². The summed E-state index contributed by atoms with van der Waals surface area (Å²) in [5.74, 6) is 0. The van der Waals surface area contributed by atoms with Crippen LogP contribution in [0.15, 0.2) is 33.4 Å². The minimum Gasteiger partial charge on any atom is -0.463 e. The Kier molecular flexibility index (Phi) is 2.14. The van der Waals surface area contributed by atoms with Gasteiger partial charge in [0.25, 0.3) is 0 Å². The van der Waals surface area contributed by atoms with Gasteiger partial charge < -0.3 is 9.15 Å². The summed E-state index contributed by atoms with van der Waals surface area (Å²) in [7, 11) is 0. The third-order valence-corrected chi connectivity index (χ3v) is 3.15. The average molecular weight is 282 g/mol. The summed E-state index contributed by atoms with van der Waals surface area (Å²) >= 11 is 3.42. The summed E-state index contributed by atoms with van der Waals surface area (Å²) < 4.78 is 11.1. The van der Waals surface area contributed by atoms with Crippen molar-refractivity contribution in [1.29, 1.82) is 0 Å². The molecule has 0 aliphatic carbocycles. The number of carbonyl (C=O) groups is 1. The zero-order valence-electron chi connectivity index (χ0n) is 8.27. The Bertz CT molecular complexity index is 563. The molecule has 16 heavy (non-hydrogen) atoms. The molecule has 0 bridgehead atoms. The Labute approximate surface area is 99.9 Å². The van der Waals surface area contributed by atoms with E-state index in [0.717, 1.165) is 21.1 Å². The number of benzene rings is 1. The van der Waals surface area contributed by atoms with E-state index in [2.05, 4.69) is 15.9 Å². The number of fused-ring (bicyclic) bond motifs is 1. The molecule has 0 atom stereocenters. The second-order valence-electron chi connectivity index (χ2n) is 3.53. The first kappa shape index (κ1) is 9.72. The average Bonchev–Trinajstić information content (AvgIpc) is 2.85. The number of cyclic esters (lactones) is 1. The van der Waals surface area contributed by atoms with E-state index in [1.165, 1.54) is 0 Å². The maximum Gasteiger partial charge on any atom is 0.414 e. The third kappa shape index (κ3) is 1.39. The van der Waals surface area contributed by atoms with Crippen molar-refractivity contribution in [2.75, 3.05) is 18.1 Å². The molecule has 0 spiro atoms. The molecule has 1 aromatic heterocycles. The topological polar surface area (TPSA) is 42.7 Å². The minimum absolute atomic E-state index is 0.297. The first-order valence-electron chi connectivity index (χ1n) is 4.87. The minimum atomic E-state index is -0.297. The van der Waals surface area contributed by atoms with Gasteiger partial charge in [-0.2, -0.15) is 0 Å². The standard InChI is InChI=1S/C11H8BrNO3/c12-9-6-8(13-2-4-16-11(13)14)5-7-1-3-15-10(7)9/h1,3,5-6H,2,4H2. The molecule has 3 rings (SSSR count). The van der Waals surface area contributed by atoms with Gasteiger partial charge in [0.15, 0.2) is 0 Å². The van der Waals surface area contributed by atoms with Gasteiger partial charge in [-0.1, -0.05) is 0 Å². The molecule has 2 heterocycles. The van der Waals surface area contributed by atoms with Gasteiger partial charge in [0.05, 0.1) is 17.3 Å². The van der Waals surface area contributed by atoms with Gasteiger partial charge in [0.1, 0.15) is 12.2 Å². The van der Waals surface area contributed by atoms with Crippen LogP contribution in [0.4, 0.5) is 10.5 Å². The molecule has 82 valence electrons. The first-order valence-corrected chi connectivity index (χ1v) is 5.66. The monoisotopic (exact) mass is 281 g/mol. The van der Waals surface area contributed by atoms with Crippen LogP contribution in [0.5, 0.6) is 0 Å². The molecule has 1 aliphatic rings. The molecule has 4 nitrogen and oxygen atoms in total. The number of nitrogens with zero attached hydrogens (tertiary/aromatic N) is 1. The Morgan fingerprint density at radius 3 is 3.00 bits per heavy atom. The molecule has 0 unspecified atom stereocenters. The van der Waals surface area contributed by atoms with Gasteiger partial charge in [0, 0.05) is 11.1 Å². The highest BCUT2D eigenvalue weighted by Crippen LogP contribution is 2.31. The van der Waals surface area contributed by atoms with E-state index in [0.29, 0.717) is 13.2 Å². The van der Waals surface area contributed by atoms with Crippen molar-refractivity contribution in [3.05, 3.63) is 28.9 Å². The molecule has 1 saturated heterocycles. The largest absolute Gasteiger partial charge is 0.463 e. The summed E-state index contributed by atoms with van der Waals surface area (Å²) in [6, 6.07) is 5.64. The number of carbonyl (C=O) groups excluding carboxylic acids is 1. The van der Waals surface area contributed by atoms with Gasteiger partial charge >= 0.3 is 6.09 Å². The molecule has 1 aromatic carbocycles. The van der Waals surface area contributed by atoms with Crippen molar-refractivity contribution in [2.24, 2.45) is 0 Å². The first-order chi connectivity index (χ1) is 7.75. The van der Waals surface area contributed by atoms with Crippen molar-refractivity contribution >= 4 is 38.7 Å². The van der Waals surface area contributed by atoms with Gasteiger partial charge in [-0.15, -0.1) is 0 Å². The molecular formula is C11H8BrNO3. The zero-order chi connectivity index (χ0) is 11.1. The van der Waals surface area contributed by atoms with E-state index < -0.39 is 0 Å². The van der Waals surface area contributed by atoms with Crippen molar-refractivity contribution in [3.8, 4) is 0 Å². The SMILES string of the molecule is O=C1OCCN1c1cc(Br)c2occc2c1. The summed E-state index contributed by atoms with van der Waals surface area (Å²) in [6.07, 6.45) is 1.33. The molecule has 0 N–H and O–H groups in total. The van der Waals surface area contributed by atoms with E-state index in [1.807, 2.05) is 18.2 Å². The number of hydrogen-bond donors (Lipinski definition) is 0. The maximum absolute atomic E-state index is 11.4. The van der Waals surface area contributed by atoms with E-state index in [4.69, 9.17) is 9.15 Å². The van der Waals surface area contributed by atoms with Gasteiger partial charge in [-0.3, -0.25) is 4.90 Å². The lowest BCUT2D eigenvalue weighted by molar-refractivity contribution is 0.181. The van der Waals surface area contributed by atoms with Gasteiger partial charge in [0.2, 0.25) is 0 Å². The molecule has 1 aliphatic heterocycles. The van der Waals surface area contributed by atoms with Crippen molar-refractivity contribution in [2.45, 2.75) is 0 Å². The summed E-state index contributed by atoms with van der Waals surface area (Å²) in [5, 5.41) is 0.962. The molecule has 0 radical (unpaired) electrons. The van der Waals surface area contributed by atoms with Crippen molar-refractivity contribution < 1.29 is 13.9 Å². The number of halogens is 1. The number of anilines is 1. The Morgan fingerprint density at radius 1 is 1.38 bits per heavy atom. The smallest absolute Gasteiger partial charge is 0.414 e. The van der Waals surface area contributed by atoms with Gasteiger partial charge in [-0.05, 0) is 34.1 Å². The second kappa shape index (κ2) is 3.52. The number of ether oxygens (including phenoxy) is 1. The molecule has 1 fully saturated rings. The third-order valence-electron chi connectivity index (χ3n) is 2.56. The van der Waals surface area contributed by atoms with Crippen molar-refractivity contribution in [3.63, 3.8) is 0 Å². The zero-order valence-corrected chi connectivity index (χ0v) is 9.86. The fraction of sp³-hybridized carbons (Fsp3) is 0.182. The highest BCUT2D eigenvalue weighted by atomic mass is 79.9. The summed E-state index contributed by atoms with van der Waals surface area (Å²) in [6.45, 7) is 1.04. The molecule has 2 aromatic rings. The molecule has 0 saturated carbocycles. The summed E-state index contributed by atoms with van der Waals surface area (Å²) in [5.41, 5.74) is 1.61. The van der Waals surface area contributed by atoms with Crippen LogP contribution >= 0.6 is 15.9 Å². The molecule has 5 heteroatoms. The van der Waals surface area contributed by atoms with E-state index >= 15 is 0 Å². The lowest BCUT2D eigenvalue weighted by Crippen LogP contribution is -2.23. The quantitative estimate of drug-likeness (QED) is 0.806. The van der Waals surface area contributed by atoms with Crippen LogP contribution in [-0.2, 0) is 4.74 Å². The fourth-order valence-corrected chi connectivity index (χ4v) is 2.36. The van der Waals surface area contributed by atoms with Crippen LogP contribution in [0.1, 0.15) is 0 Å². The van der Waals surface area contributed by atoms with Crippen LogP contribution in [0, 0.1) is 0 Å². The fourth-order valence-electron chi connectivity index (χ4n) is 1.81. The maximum atomic E-state index is 11.4. The lowest BCUT2D eigenvalue weighted by atomic mass is 10.2. The van der Waals surface area contributed by atoms with Crippen LogP contribution in [-0.4, -0.2) is 19.2 Å². The van der Waals surface area contributed by atoms with Crippen LogP contribution in [0.3, 0.4) is 0 Å². The summed E-state index contributed by atoms with van der Waals surface area (Å²) in [4.78, 5) is 13.0. The second-order valence-corrected chi connectivity index (χ2v) is 4.39. The molecule has 1 amide bonds. The Balaban J connectivity index is 2.13. The number of rotatable bonds is 1. The normalized spacial score (nSPS) is 15.8. The predicted octanol–water partition coefficient (Wildman–Crippen LogP) is 3.15. The number of hydrogen-bond acceptors (Lipinski definition) is 3. The highest BCUT2D eigenvalue weighted by molar-refractivity contribution is 9.10. The number of furan rings is 1. The lowest BCUT2D eigenvalue weighted by Gasteiger charge is -2.12.